The number of aryl methyl sites for hydroxylation is 1. The Morgan fingerprint density at radius 3 is 2.71 bits per heavy atom. The van der Waals surface area contributed by atoms with Crippen LogP contribution in [0.2, 0.25) is 0 Å². The van der Waals surface area contributed by atoms with E-state index in [1.165, 1.54) is 6.07 Å². The Morgan fingerprint density at radius 2 is 1.95 bits per heavy atom. The monoisotopic (exact) mass is 347 g/mol. The van der Waals surface area contributed by atoms with Crippen molar-refractivity contribution in [3.63, 3.8) is 0 Å². The number of halogens is 2. The van der Waals surface area contributed by atoms with Gasteiger partial charge in [-0.25, -0.2) is 4.39 Å². The predicted octanol–water partition coefficient (Wildman–Crippen LogP) is 5.82. The van der Waals surface area contributed by atoms with Crippen LogP contribution in [0, 0.1) is 12.7 Å². The first-order chi connectivity index (χ1) is 10.0. The Bertz CT molecular complexity index is 797. The summed E-state index contributed by atoms with van der Waals surface area (Å²) >= 11 is 3.44. The van der Waals surface area contributed by atoms with Crippen LogP contribution in [0.5, 0.6) is 0 Å². The van der Waals surface area contributed by atoms with E-state index in [0.29, 0.717) is 5.69 Å². The molecule has 21 heavy (non-hydrogen) atoms. The van der Waals surface area contributed by atoms with Crippen molar-refractivity contribution in [1.82, 2.24) is 0 Å². The molecule has 3 aromatic rings. The summed E-state index contributed by atoms with van der Waals surface area (Å²) in [5.74, 6) is 0.531. The van der Waals surface area contributed by atoms with E-state index in [9.17, 15) is 4.39 Å². The maximum absolute atomic E-state index is 13.9. The Balaban J connectivity index is 1.87. The SMILES string of the molecule is Cc1ccc(NC(C)c2cc3cc(Br)ccc3o2)c(F)c1. The van der Waals surface area contributed by atoms with Crippen molar-refractivity contribution in [1.29, 1.82) is 0 Å². The minimum absolute atomic E-state index is 0.117. The Kier molecular flexibility index (Phi) is 3.72. The molecule has 0 saturated heterocycles. The fraction of sp³-hybridized carbons (Fsp3) is 0.176. The number of hydrogen-bond donors (Lipinski definition) is 1. The van der Waals surface area contributed by atoms with Gasteiger partial charge in [-0.05, 0) is 55.8 Å². The van der Waals surface area contributed by atoms with Crippen molar-refractivity contribution < 1.29 is 8.81 Å². The van der Waals surface area contributed by atoms with Gasteiger partial charge >= 0.3 is 0 Å². The topological polar surface area (TPSA) is 25.2 Å². The van der Waals surface area contributed by atoms with Crippen LogP contribution in [0.15, 0.2) is 51.4 Å². The van der Waals surface area contributed by atoms with Crippen LogP contribution in [0.25, 0.3) is 11.0 Å². The van der Waals surface area contributed by atoms with Gasteiger partial charge in [-0.3, -0.25) is 0 Å². The van der Waals surface area contributed by atoms with Crippen LogP contribution in [0.4, 0.5) is 10.1 Å². The first-order valence-electron chi connectivity index (χ1n) is 6.74. The molecule has 2 aromatic carbocycles. The fourth-order valence-electron chi connectivity index (χ4n) is 2.29. The maximum Gasteiger partial charge on any atom is 0.146 e. The molecule has 0 aliphatic heterocycles. The van der Waals surface area contributed by atoms with Gasteiger partial charge in [0.2, 0.25) is 0 Å². The molecule has 1 N–H and O–H groups in total. The van der Waals surface area contributed by atoms with Crippen LogP contribution < -0.4 is 5.32 Å². The molecule has 0 aliphatic rings. The van der Waals surface area contributed by atoms with E-state index in [1.54, 1.807) is 6.07 Å². The van der Waals surface area contributed by atoms with Crippen LogP contribution in [0.3, 0.4) is 0 Å². The van der Waals surface area contributed by atoms with Crippen LogP contribution in [0.1, 0.15) is 24.3 Å². The smallest absolute Gasteiger partial charge is 0.146 e. The number of furan rings is 1. The molecule has 108 valence electrons. The largest absolute Gasteiger partial charge is 0.459 e. The quantitative estimate of drug-likeness (QED) is 0.646. The van der Waals surface area contributed by atoms with Crippen molar-refractivity contribution in [3.05, 3.63) is 64.1 Å². The standard InChI is InChI=1S/C17H15BrFNO/c1-10-3-5-15(14(19)7-10)20-11(2)17-9-12-8-13(18)4-6-16(12)21-17/h3-9,11,20H,1-2H3. The fourth-order valence-corrected chi connectivity index (χ4v) is 2.67. The predicted molar refractivity (Wildman–Crippen MR) is 87.1 cm³/mol. The molecule has 2 nitrogen and oxygen atoms in total. The number of rotatable bonds is 3. The summed E-state index contributed by atoms with van der Waals surface area (Å²) in [6.45, 7) is 3.82. The molecule has 1 atom stereocenters. The third-order valence-electron chi connectivity index (χ3n) is 3.42. The molecule has 0 saturated carbocycles. The van der Waals surface area contributed by atoms with Gasteiger partial charge in [0, 0.05) is 9.86 Å². The molecule has 0 aliphatic carbocycles. The first kappa shape index (κ1) is 14.1. The van der Waals surface area contributed by atoms with Crippen LogP contribution >= 0.6 is 15.9 Å². The minimum Gasteiger partial charge on any atom is -0.459 e. The Labute approximate surface area is 131 Å². The zero-order valence-electron chi connectivity index (χ0n) is 11.8. The molecule has 0 fully saturated rings. The molecule has 1 unspecified atom stereocenters. The maximum atomic E-state index is 13.9. The molecule has 0 bridgehead atoms. The first-order valence-corrected chi connectivity index (χ1v) is 7.54. The lowest BCUT2D eigenvalue weighted by atomic mass is 10.2. The summed E-state index contributed by atoms with van der Waals surface area (Å²) in [5, 5.41) is 4.17. The van der Waals surface area contributed by atoms with Crippen molar-refractivity contribution in [2.75, 3.05) is 5.32 Å². The summed E-state index contributed by atoms with van der Waals surface area (Å²) in [6, 6.07) is 12.9. The number of hydrogen-bond acceptors (Lipinski definition) is 2. The molecule has 3 rings (SSSR count). The summed E-state index contributed by atoms with van der Waals surface area (Å²) in [4.78, 5) is 0. The zero-order valence-corrected chi connectivity index (χ0v) is 13.4. The van der Waals surface area contributed by atoms with Gasteiger partial charge in [0.05, 0.1) is 11.7 Å². The Morgan fingerprint density at radius 1 is 1.14 bits per heavy atom. The van der Waals surface area contributed by atoms with Gasteiger partial charge in [0.25, 0.3) is 0 Å². The van der Waals surface area contributed by atoms with Gasteiger partial charge in [-0.2, -0.15) is 0 Å². The molecule has 1 aromatic heterocycles. The minimum atomic E-state index is -0.249. The summed E-state index contributed by atoms with van der Waals surface area (Å²) in [5.41, 5.74) is 2.21. The van der Waals surface area contributed by atoms with E-state index >= 15 is 0 Å². The second-order valence-corrected chi connectivity index (χ2v) is 6.10. The van der Waals surface area contributed by atoms with E-state index < -0.39 is 0 Å². The van der Waals surface area contributed by atoms with Crippen LogP contribution in [-0.4, -0.2) is 0 Å². The lowest BCUT2D eigenvalue weighted by Gasteiger charge is -2.13. The highest BCUT2D eigenvalue weighted by Gasteiger charge is 2.13. The average molecular weight is 348 g/mol. The Hall–Kier alpha value is -1.81. The van der Waals surface area contributed by atoms with Crippen molar-refractivity contribution in [3.8, 4) is 0 Å². The molecular formula is C17H15BrFNO. The number of benzene rings is 2. The van der Waals surface area contributed by atoms with Crippen molar-refractivity contribution in [2.24, 2.45) is 0 Å². The van der Waals surface area contributed by atoms with E-state index in [1.807, 2.05) is 44.2 Å². The summed E-state index contributed by atoms with van der Waals surface area (Å²) in [6.07, 6.45) is 0. The van der Waals surface area contributed by atoms with Gasteiger partial charge in [-0.15, -0.1) is 0 Å². The third-order valence-corrected chi connectivity index (χ3v) is 3.91. The molecule has 1 heterocycles. The lowest BCUT2D eigenvalue weighted by molar-refractivity contribution is 0.524. The highest BCUT2D eigenvalue weighted by Crippen LogP contribution is 2.29. The summed E-state index contributed by atoms with van der Waals surface area (Å²) < 4.78 is 20.7. The van der Waals surface area contributed by atoms with E-state index in [0.717, 1.165) is 26.8 Å². The average Bonchev–Trinajstić information content (AvgIpc) is 2.85. The van der Waals surface area contributed by atoms with Gasteiger partial charge in [-0.1, -0.05) is 22.0 Å². The molecular weight excluding hydrogens is 333 g/mol. The number of anilines is 1. The van der Waals surface area contributed by atoms with Gasteiger partial charge < -0.3 is 9.73 Å². The second kappa shape index (κ2) is 5.53. The number of fused-ring (bicyclic) bond motifs is 1. The second-order valence-electron chi connectivity index (χ2n) is 5.18. The van der Waals surface area contributed by atoms with Gasteiger partial charge in [0.15, 0.2) is 0 Å². The summed E-state index contributed by atoms with van der Waals surface area (Å²) in [7, 11) is 0. The van der Waals surface area contributed by atoms with E-state index in [4.69, 9.17) is 4.42 Å². The van der Waals surface area contributed by atoms with E-state index in [2.05, 4.69) is 21.2 Å². The highest BCUT2D eigenvalue weighted by atomic mass is 79.9. The highest BCUT2D eigenvalue weighted by molar-refractivity contribution is 9.10. The normalized spacial score (nSPS) is 12.6. The van der Waals surface area contributed by atoms with Gasteiger partial charge in [0.1, 0.15) is 17.2 Å². The van der Waals surface area contributed by atoms with Crippen molar-refractivity contribution >= 4 is 32.6 Å². The molecule has 0 amide bonds. The molecule has 4 heteroatoms. The molecule has 0 spiro atoms. The van der Waals surface area contributed by atoms with E-state index in [-0.39, 0.29) is 11.9 Å². The van der Waals surface area contributed by atoms with Crippen LogP contribution in [-0.2, 0) is 0 Å². The lowest BCUT2D eigenvalue weighted by Crippen LogP contribution is -2.07. The third kappa shape index (κ3) is 2.95. The zero-order chi connectivity index (χ0) is 15.0. The van der Waals surface area contributed by atoms with Crippen molar-refractivity contribution in [2.45, 2.75) is 19.9 Å². The number of nitrogens with one attached hydrogen (secondary N) is 1. The molecule has 0 radical (unpaired) electrons.